The molecule has 26 heavy (non-hydrogen) atoms. The van der Waals surface area contributed by atoms with Gasteiger partial charge in [-0.3, -0.25) is 4.79 Å². The summed E-state index contributed by atoms with van der Waals surface area (Å²) in [7, 11) is 1.39. The second kappa shape index (κ2) is 8.48. The number of aliphatic carboxylic acids is 1. The lowest BCUT2D eigenvalue weighted by Crippen LogP contribution is -2.10. The smallest absolute Gasteiger partial charge is 0.341 e. The molecule has 0 radical (unpaired) electrons. The Morgan fingerprint density at radius 1 is 0.962 bits per heavy atom. The van der Waals surface area contributed by atoms with Gasteiger partial charge in [-0.25, -0.2) is 9.59 Å². The standard InChI is InChI=1S/C19H16O7/c1-25-17-10-14(7-9-16(17)26-11-18(21)22)15(20)8-4-12-2-5-13(6-3-12)19(23)24/h2-10H,11H2,1H3,(H,21,22)(H,23,24)/b8-4+. The Morgan fingerprint density at radius 3 is 2.19 bits per heavy atom. The molecule has 0 fully saturated rings. The number of ketones is 1. The first-order chi connectivity index (χ1) is 12.4. The Balaban J connectivity index is 2.13. The second-order valence-corrected chi connectivity index (χ2v) is 5.17. The molecule has 2 rings (SSSR count). The molecule has 0 heterocycles. The third-order valence-corrected chi connectivity index (χ3v) is 3.38. The Labute approximate surface area is 149 Å². The van der Waals surface area contributed by atoms with Gasteiger partial charge in [-0.1, -0.05) is 18.2 Å². The van der Waals surface area contributed by atoms with Gasteiger partial charge in [0.15, 0.2) is 23.9 Å². The van der Waals surface area contributed by atoms with Crippen LogP contribution in [0.5, 0.6) is 11.5 Å². The number of aromatic carboxylic acids is 1. The summed E-state index contributed by atoms with van der Waals surface area (Å²) < 4.78 is 10.2. The van der Waals surface area contributed by atoms with Crippen LogP contribution in [-0.4, -0.2) is 41.7 Å². The van der Waals surface area contributed by atoms with E-state index in [2.05, 4.69) is 0 Å². The van der Waals surface area contributed by atoms with Gasteiger partial charge < -0.3 is 19.7 Å². The molecule has 0 bridgehead atoms. The molecule has 2 aromatic carbocycles. The fourth-order valence-electron chi connectivity index (χ4n) is 2.08. The van der Waals surface area contributed by atoms with Gasteiger partial charge in [-0.15, -0.1) is 0 Å². The summed E-state index contributed by atoms with van der Waals surface area (Å²) in [6.07, 6.45) is 2.91. The highest BCUT2D eigenvalue weighted by molar-refractivity contribution is 6.07. The highest BCUT2D eigenvalue weighted by atomic mass is 16.5. The molecule has 0 amide bonds. The van der Waals surface area contributed by atoms with Crippen molar-refractivity contribution in [3.8, 4) is 11.5 Å². The maximum Gasteiger partial charge on any atom is 0.341 e. The Kier molecular flexibility index (Phi) is 6.10. The Morgan fingerprint density at radius 2 is 1.62 bits per heavy atom. The maximum absolute atomic E-state index is 12.3. The summed E-state index contributed by atoms with van der Waals surface area (Å²) in [4.78, 5) is 33.6. The molecule has 2 N–H and O–H groups in total. The number of allylic oxidation sites excluding steroid dienone is 1. The van der Waals surface area contributed by atoms with Crippen LogP contribution in [0.15, 0.2) is 48.5 Å². The summed E-state index contributed by atoms with van der Waals surface area (Å²) in [5.41, 5.74) is 1.18. The first kappa shape index (κ1) is 18.7. The lowest BCUT2D eigenvalue weighted by atomic mass is 10.1. The van der Waals surface area contributed by atoms with E-state index in [-0.39, 0.29) is 22.8 Å². The van der Waals surface area contributed by atoms with E-state index in [1.807, 2.05) is 0 Å². The normalized spacial score (nSPS) is 10.5. The van der Waals surface area contributed by atoms with Crippen LogP contribution in [0.2, 0.25) is 0 Å². The molecule has 2 aromatic rings. The zero-order valence-electron chi connectivity index (χ0n) is 13.8. The molecule has 0 aliphatic carbocycles. The molecule has 7 heteroatoms. The minimum atomic E-state index is -1.12. The molecule has 7 nitrogen and oxygen atoms in total. The number of benzene rings is 2. The quantitative estimate of drug-likeness (QED) is 0.553. The predicted octanol–water partition coefficient (Wildman–Crippen LogP) is 2.75. The first-order valence-corrected chi connectivity index (χ1v) is 7.49. The average Bonchev–Trinajstić information content (AvgIpc) is 2.64. The van der Waals surface area contributed by atoms with Crippen LogP contribution in [0.4, 0.5) is 0 Å². The molecule has 0 saturated heterocycles. The van der Waals surface area contributed by atoms with Gasteiger partial charge in [-0.05, 0) is 42.0 Å². The van der Waals surface area contributed by atoms with E-state index in [4.69, 9.17) is 19.7 Å². The van der Waals surface area contributed by atoms with Crippen molar-refractivity contribution in [1.29, 1.82) is 0 Å². The van der Waals surface area contributed by atoms with Crippen LogP contribution in [-0.2, 0) is 4.79 Å². The first-order valence-electron chi connectivity index (χ1n) is 7.49. The van der Waals surface area contributed by atoms with Gasteiger partial charge in [0.2, 0.25) is 0 Å². The van der Waals surface area contributed by atoms with E-state index in [0.29, 0.717) is 11.1 Å². The number of ether oxygens (including phenoxy) is 2. The summed E-state index contributed by atoms with van der Waals surface area (Å²) >= 11 is 0. The summed E-state index contributed by atoms with van der Waals surface area (Å²) in [5.74, 6) is -1.97. The van der Waals surface area contributed by atoms with Crippen LogP contribution in [0.1, 0.15) is 26.3 Å². The number of carboxylic acids is 2. The third-order valence-electron chi connectivity index (χ3n) is 3.38. The van der Waals surface area contributed by atoms with E-state index in [0.717, 1.165) is 0 Å². The van der Waals surface area contributed by atoms with Crippen molar-refractivity contribution >= 4 is 23.8 Å². The average molecular weight is 356 g/mol. The molecule has 0 saturated carbocycles. The van der Waals surface area contributed by atoms with E-state index in [9.17, 15) is 14.4 Å². The van der Waals surface area contributed by atoms with Crippen molar-refractivity contribution < 1.29 is 34.1 Å². The highest BCUT2D eigenvalue weighted by Gasteiger charge is 2.11. The van der Waals surface area contributed by atoms with Crippen LogP contribution >= 0.6 is 0 Å². The summed E-state index contributed by atoms with van der Waals surface area (Å²) in [6, 6.07) is 10.5. The second-order valence-electron chi connectivity index (χ2n) is 5.17. The topological polar surface area (TPSA) is 110 Å². The van der Waals surface area contributed by atoms with Gasteiger partial charge in [0, 0.05) is 5.56 Å². The third kappa shape index (κ3) is 4.94. The highest BCUT2D eigenvalue weighted by Crippen LogP contribution is 2.28. The number of carboxylic acid groups (broad SMARTS) is 2. The zero-order valence-corrected chi connectivity index (χ0v) is 13.8. The number of methoxy groups -OCH3 is 1. The van der Waals surface area contributed by atoms with Crippen molar-refractivity contribution in [2.75, 3.05) is 13.7 Å². The lowest BCUT2D eigenvalue weighted by Gasteiger charge is -2.09. The van der Waals surface area contributed by atoms with Crippen LogP contribution in [0, 0.1) is 0 Å². The molecular formula is C19H16O7. The molecule has 0 aliphatic rings. The van der Waals surface area contributed by atoms with Crippen molar-refractivity contribution in [1.82, 2.24) is 0 Å². The minimum Gasteiger partial charge on any atom is -0.493 e. The number of rotatable bonds is 8. The molecule has 0 spiro atoms. The molecule has 0 unspecified atom stereocenters. The van der Waals surface area contributed by atoms with Crippen LogP contribution in [0.3, 0.4) is 0 Å². The molecular weight excluding hydrogens is 340 g/mol. The van der Waals surface area contributed by atoms with Crippen molar-refractivity contribution in [2.24, 2.45) is 0 Å². The molecule has 134 valence electrons. The van der Waals surface area contributed by atoms with E-state index >= 15 is 0 Å². The zero-order chi connectivity index (χ0) is 19.1. The maximum atomic E-state index is 12.3. The van der Waals surface area contributed by atoms with Crippen LogP contribution < -0.4 is 9.47 Å². The van der Waals surface area contributed by atoms with Gasteiger partial charge in [0.1, 0.15) is 0 Å². The summed E-state index contributed by atoms with van der Waals surface area (Å²) in [6.45, 7) is -0.518. The van der Waals surface area contributed by atoms with Gasteiger partial charge in [0.25, 0.3) is 0 Å². The monoisotopic (exact) mass is 356 g/mol. The minimum absolute atomic E-state index is 0.162. The number of carbonyl (C=O) groups is 3. The fraction of sp³-hybridized carbons (Fsp3) is 0.105. The Bertz CT molecular complexity index is 851. The van der Waals surface area contributed by atoms with Crippen LogP contribution in [0.25, 0.3) is 6.08 Å². The molecule has 0 aromatic heterocycles. The fourth-order valence-corrected chi connectivity index (χ4v) is 2.08. The van der Waals surface area contributed by atoms with Gasteiger partial charge in [-0.2, -0.15) is 0 Å². The largest absolute Gasteiger partial charge is 0.493 e. The van der Waals surface area contributed by atoms with Crippen molar-refractivity contribution in [2.45, 2.75) is 0 Å². The summed E-state index contributed by atoms with van der Waals surface area (Å²) in [5, 5.41) is 17.5. The predicted molar refractivity (Wildman–Crippen MR) is 92.9 cm³/mol. The lowest BCUT2D eigenvalue weighted by molar-refractivity contribution is -0.139. The SMILES string of the molecule is COc1cc(C(=O)/C=C/c2ccc(C(=O)O)cc2)ccc1OCC(=O)O. The number of carbonyl (C=O) groups excluding carboxylic acids is 1. The van der Waals surface area contributed by atoms with E-state index < -0.39 is 18.5 Å². The van der Waals surface area contributed by atoms with Crippen molar-refractivity contribution in [3.63, 3.8) is 0 Å². The molecule has 0 atom stereocenters. The van der Waals surface area contributed by atoms with Gasteiger partial charge >= 0.3 is 11.9 Å². The number of hydrogen-bond donors (Lipinski definition) is 2. The van der Waals surface area contributed by atoms with E-state index in [1.54, 1.807) is 18.2 Å². The molecule has 0 aliphatic heterocycles. The van der Waals surface area contributed by atoms with Crippen molar-refractivity contribution in [3.05, 3.63) is 65.2 Å². The number of hydrogen-bond acceptors (Lipinski definition) is 5. The van der Waals surface area contributed by atoms with Gasteiger partial charge in [0.05, 0.1) is 12.7 Å². The Hall–Kier alpha value is -3.61. The van der Waals surface area contributed by atoms with E-state index in [1.165, 1.54) is 43.5 Å².